The van der Waals surface area contributed by atoms with Crippen molar-refractivity contribution in [3.8, 4) is 0 Å². The van der Waals surface area contributed by atoms with Crippen LogP contribution in [0.5, 0.6) is 0 Å². The first kappa shape index (κ1) is 68.9. The molecule has 0 amide bonds. The first-order valence-electron chi connectivity index (χ1n) is 28.8. The molecule has 0 aliphatic carbocycles. The number of aliphatic hydroxyl groups excluding tert-OH is 1. The molecule has 416 valence electrons. The number of aliphatic hydroxyl groups is 1. The van der Waals surface area contributed by atoms with Crippen LogP contribution in [-0.2, 0) is 42.2 Å². The molecule has 3 unspecified atom stereocenters. The molecule has 2 N–H and O–H groups in total. The van der Waals surface area contributed by atoms with E-state index in [9.17, 15) is 28.9 Å². The smallest absolute Gasteiger partial charge is 0.462 e. The Morgan fingerprint density at radius 2 is 0.722 bits per heavy atom. The molecule has 0 spiro atoms. The van der Waals surface area contributed by atoms with E-state index in [2.05, 4.69) is 81.5 Å². The second kappa shape index (κ2) is 54.2. The number of hydrogen-bond acceptors (Lipinski definition) is 10. The summed E-state index contributed by atoms with van der Waals surface area (Å²) >= 11 is 0. The normalized spacial score (nSPS) is 13.9. The fourth-order valence-electron chi connectivity index (χ4n) is 7.79. The number of allylic oxidation sites excluding steroid dienone is 12. The predicted octanol–water partition coefficient (Wildman–Crippen LogP) is 16.9. The third-order valence-corrected chi connectivity index (χ3v) is 13.1. The molecular formula is C60H105O11P. The van der Waals surface area contributed by atoms with Crippen molar-refractivity contribution in [1.82, 2.24) is 0 Å². The molecule has 0 rings (SSSR count). The van der Waals surface area contributed by atoms with E-state index in [0.29, 0.717) is 19.3 Å². The topological polar surface area (TPSA) is 155 Å². The highest BCUT2D eigenvalue weighted by molar-refractivity contribution is 7.47. The van der Waals surface area contributed by atoms with Crippen LogP contribution in [0.2, 0.25) is 0 Å². The van der Waals surface area contributed by atoms with Crippen LogP contribution in [0, 0.1) is 0 Å². The molecule has 72 heavy (non-hydrogen) atoms. The molecule has 0 saturated heterocycles. The van der Waals surface area contributed by atoms with Gasteiger partial charge in [0.15, 0.2) is 6.10 Å². The molecule has 0 heterocycles. The SMILES string of the molecule is CC/C=C\C/C=C\C/C=C\C/C=C\C/C=C\C/C=C\CCC(=O)OCC(COP(=O)(O)OCC(CO)OC(=O)CCCCCCCCCCCCCCC)OC(=O)CCCCCCCCCCCCCCC. The summed E-state index contributed by atoms with van der Waals surface area (Å²) in [5, 5.41) is 9.80. The van der Waals surface area contributed by atoms with Gasteiger partial charge in [-0.2, -0.15) is 0 Å². The van der Waals surface area contributed by atoms with Crippen LogP contribution in [-0.4, -0.2) is 66.5 Å². The summed E-state index contributed by atoms with van der Waals surface area (Å²) in [6.07, 6.45) is 60.2. The minimum absolute atomic E-state index is 0.102. The zero-order valence-electron chi connectivity index (χ0n) is 45.9. The maximum absolute atomic E-state index is 12.9. The Labute approximate surface area is 439 Å². The number of unbranched alkanes of at least 4 members (excludes halogenated alkanes) is 24. The average molecular weight is 1030 g/mol. The number of esters is 3. The molecular weight excluding hydrogens is 928 g/mol. The molecule has 0 bridgehead atoms. The van der Waals surface area contributed by atoms with E-state index in [1.807, 2.05) is 12.2 Å². The van der Waals surface area contributed by atoms with Gasteiger partial charge in [0.1, 0.15) is 12.7 Å². The van der Waals surface area contributed by atoms with Crippen LogP contribution in [0.1, 0.15) is 252 Å². The molecule has 0 aromatic carbocycles. The Morgan fingerprint density at radius 3 is 1.08 bits per heavy atom. The monoisotopic (exact) mass is 1030 g/mol. The fraction of sp³-hybridized carbons (Fsp3) is 0.750. The highest BCUT2D eigenvalue weighted by Crippen LogP contribution is 2.43. The van der Waals surface area contributed by atoms with Crippen LogP contribution in [0.15, 0.2) is 72.9 Å². The van der Waals surface area contributed by atoms with E-state index in [4.69, 9.17) is 23.3 Å². The van der Waals surface area contributed by atoms with E-state index in [0.717, 1.165) is 77.0 Å². The number of hydrogen-bond donors (Lipinski definition) is 2. The van der Waals surface area contributed by atoms with Gasteiger partial charge in [-0.05, 0) is 57.8 Å². The highest BCUT2D eigenvalue weighted by atomic mass is 31.2. The Bertz CT molecular complexity index is 1490. The van der Waals surface area contributed by atoms with Gasteiger partial charge in [-0.25, -0.2) is 4.57 Å². The van der Waals surface area contributed by atoms with E-state index in [1.165, 1.54) is 116 Å². The van der Waals surface area contributed by atoms with Crippen LogP contribution in [0.25, 0.3) is 0 Å². The number of rotatable bonds is 53. The largest absolute Gasteiger partial charge is 0.472 e. The summed E-state index contributed by atoms with van der Waals surface area (Å²) in [6.45, 7) is 4.46. The van der Waals surface area contributed by atoms with Crippen molar-refractivity contribution < 1.29 is 52.2 Å². The van der Waals surface area contributed by atoms with Crippen molar-refractivity contribution in [3.05, 3.63) is 72.9 Å². The van der Waals surface area contributed by atoms with Gasteiger partial charge >= 0.3 is 25.7 Å². The van der Waals surface area contributed by atoms with E-state index in [-0.39, 0.29) is 25.9 Å². The summed E-state index contributed by atoms with van der Waals surface area (Å²) in [5.74, 6) is -1.56. The summed E-state index contributed by atoms with van der Waals surface area (Å²) < 4.78 is 39.4. The van der Waals surface area contributed by atoms with Gasteiger partial charge in [-0.1, -0.05) is 248 Å². The molecule has 0 aliphatic heterocycles. The van der Waals surface area contributed by atoms with Crippen LogP contribution in [0.3, 0.4) is 0 Å². The predicted molar refractivity (Wildman–Crippen MR) is 298 cm³/mol. The number of ether oxygens (including phenoxy) is 3. The van der Waals surface area contributed by atoms with Crippen molar-refractivity contribution in [2.24, 2.45) is 0 Å². The molecule has 0 saturated carbocycles. The van der Waals surface area contributed by atoms with Crippen molar-refractivity contribution in [3.63, 3.8) is 0 Å². The Morgan fingerprint density at radius 1 is 0.403 bits per heavy atom. The number of phosphoric ester groups is 1. The Kier molecular flexibility index (Phi) is 51.9. The van der Waals surface area contributed by atoms with Gasteiger partial charge in [0.05, 0.1) is 19.8 Å². The molecule has 3 atom stereocenters. The van der Waals surface area contributed by atoms with Crippen LogP contribution < -0.4 is 0 Å². The molecule has 0 aromatic rings. The summed E-state index contributed by atoms with van der Waals surface area (Å²) in [4.78, 5) is 48.4. The molecule has 0 fully saturated rings. The molecule has 12 heteroatoms. The quantitative estimate of drug-likeness (QED) is 0.0197. The average Bonchev–Trinajstić information content (AvgIpc) is 3.37. The second-order valence-electron chi connectivity index (χ2n) is 19.1. The highest BCUT2D eigenvalue weighted by Gasteiger charge is 2.28. The van der Waals surface area contributed by atoms with Gasteiger partial charge in [-0.3, -0.25) is 23.4 Å². The van der Waals surface area contributed by atoms with Crippen molar-refractivity contribution in [2.75, 3.05) is 26.4 Å². The first-order chi connectivity index (χ1) is 35.2. The summed E-state index contributed by atoms with van der Waals surface area (Å²) in [5.41, 5.74) is 0. The maximum atomic E-state index is 12.9. The second-order valence-corrected chi connectivity index (χ2v) is 20.5. The number of carbonyl (C=O) groups excluding carboxylic acids is 3. The minimum Gasteiger partial charge on any atom is -0.462 e. The van der Waals surface area contributed by atoms with Gasteiger partial charge in [0.2, 0.25) is 0 Å². The summed E-state index contributed by atoms with van der Waals surface area (Å²) in [7, 11) is -4.76. The Balaban J connectivity index is 4.80. The van der Waals surface area contributed by atoms with Crippen molar-refractivity contribution >= 4 is 25.7 Å². The number of carbonyl (C=O) groups is 3. The summed E-state index contributed by atoms with van der Waals surface area (Å²) in [6, 6.07) is 0. The fourth-order valence-corrected chi connectivity index (χ4v) is 8.58. The molecule has 11 nitrogen and oxygen atoms in total. The lowest BCUT2D eigenvalue weighted by molar-refractivity contribution is -0.161. The minimum atomic E-state index is -4.76. The molecule has 0 aromatic heterocycles. The standard InChI is InChI=1S/C60H105O11P/c1-4-7-10-13-16-19-22-25-26-27-28-29-30-33-34-37-40-43-46-49-58(62)67-53-57(71-60(64)51-48-45-42-39-36-32-24-21-18-15-12-9-6-3)55-69-72(65,66)68-54-56(52-61)70-59(63)50-47-44-41-38-35-31-23-20-17-14-11-8-5-2/h7,10,16,19,25-26,28-29,33-34,40,43,56-57,61H,4-6,8-9,11-15,17-18,20-24,27,30-32,35-39,41-42,44-55H2,1-3H3,(H,65,66)/b10-7-,19-16-,26-25-,29-28-,34-33-,43-40-. The van der Waals surface area contributed by atoms with Crippen LogP contribution >= 0.6 is 7.82 Å². The lowest BCUT2D eigenvalue weighted by atomic mass is 10.0. The zero-order valence-corrected chi connectivity index (χ0v) is 46.8. The Hall–Kier alpha value is -3.08. The zero-order chi connectivity index (χ0) is 52.7. The van der Waals surface area contributed by atoms with E-state index < -0.39 is 57.8 Å². The van der Waals surface area contributed by atoms with E-state index >= 15 is 0 Å². The van der Waals surface area contributed by atoms with Crippen LogP contribution in [0.4, 0.5) is 0 Å². The third-order valence-electron chi connectivity index (χ3n) is 12.2. The van der Waals surface area contributed by atoms with Gasteiger partial charge in [0.25, 0.3) is 0 Å². The van der Waals surface area contributed by atoms with Gasteiger partial charge in [0, 0.05) is 19.3 Å². The first-order valence-corrected chi connectivity index (χ1v) is 30.3. The maximum Gasteiger partial charge on any atom is 0.472 e. The van der Waals surface area contributed by atoms with E-state index in [1.54, 1.807) is 0 Å². The number of phosphoric acid groups is 1. The van der Waals surface area contributed by atoms with Gasteiger partial charge in [-0.15, -0.1) is 0 Å². The van der Waals surface area contributed by atoms with Gasteiger partial charge < -0.3 is 24.2 Å². The third kappa shape index (κ3) is 51.8. The van der Waals surface area contributed by atoms with Crippen molar-refractivity contribution in [2.45, 2.75) is 264 Å². The lowest BCUT2D eigenvalue weighted by Gasteiger charge is -2.21. The lowest BCUT2D eigenvalue weighted by Crippen LogP contribution is -2.30. The molecule has 0 aliphatic rings. The van der Waals surface area contributed by atoms with Crippen molar-refractivity contribution in [1.29, 1.82) is 0 Å². The molecule has 0 radical (unpaired) electrons.